The quantitative estimate of drug-likeness (QED) is 0.873. The summed E-state index contributed by atoms with van der Waals surface area (Å²) in [6, 6.07) is 1.41. The van der Waals surface area contributed by atoms with Gasteiger partial charge in [-0.2, -0.15) is 4.31 Å². The first-order valence-electron chi connectivity index (χ1n) is 6.87. The Morgan fingerprint density at radius 3 is 2.57 bits per heavy atom. The monoisotopic (exact) mass is 333 g/mol. The Hall–Kier alpha value is -0.890. The maximum atomic E-state index is 12.6. The molecule has 118 valence electrons. The van der Waals surface area contributed by atoms with Crippen LogP contribution < -0.4 is 5.32 Å². The van der Waals surface area contributed by atoms with E-state index in [2.05, 4.69) is 10.3 Å². The van der Waals surface area contributed by atoms with E-state index in [9.17, 15) is 13.5 Å². The standard InChI is InChI=1S/C13H20ClN3O3S/c1-9(18)10-3-5-17(6-4-10)21(19,20)11-7-12(14)13(15-2)16-8-11/h7-10,18H,3-6H2,1-2H3,(H,15,16). The molecule has 0 radical (unpaired) electrons. The van der Waals surface area contributed by atoms with Crippen LogP contribution in [0.4, 0.5) is 5.82 Å². The lowest BCUT2D eigenvalue weighted by Gasteiger charge is -2.32. The second kappa shape index (κ2) is 6.48. The molecule has 0 aromatic carbocycles. The molecule has 1 aromatic heterocycles. The lowest BCUT2D eigenvalue weighted by atomic mass is 9.93. The third-order valence-electron chi connectivity index (χ3n) is 3.87. The zero-order valence-electron chi connectivity index (χ0n) is 12.1. The highest BCUT2D eigenvalue weighted by Gasteiger charge is 2.31. The van der Waals surface area contributed by atoms with E-state index in [1.807, 2.05) is 0 Å². The van der Waals surface area contributed by atoms with Crippen molar-refractivity contribution in [2.24, 2.45) is 5.92 Å². The van der Waals surface area contributed by atoms with Crippen LogP contribution >= 0.6 is 11.6 Å². The summed E-state index contributed by atoms with van der Waals surface area (Å²) in [6.07, 6.45) is 2.23. The van der Waals surface area contributed by atoms with Crippen LogP contribution in [0.15, 0.2) is 17.2 Å². The van der Waals surface area contributed by atoms with Crippen molar-refractivity contribution in [1.29, 1.82) is 0 Å². The predicted octanol–water partition coefficient (Wildman–Crippen LogP) is 1.56. The van der Waals surface area contributed by atoms with Crippen LogP contribution in [0.25, 0.3) is 0 Å². The van der Waals surface area contributed by atoms with E-state index < -0.39 is 16.1 Å². The number of pyridine rings is 1. The van der Waals surface area contributed by atoms with Crippen molar-refractivity contribution in [2.75, 3.05) is 25.5 Å². The minimum atomic E-state index is -3.58. The SMILES string of the molecule is CNc1ncc(S(=O)(=O)N2CCC(C(C)O)CC2)cc1Cl. The van der Waals surface area contributed by atoms with Gasteiger partial charge in [-0.3, -0.25) is 0 Å². The normalized spacial score (nSPS) is 19.4. The van der Waals surface area contributed by atoms with Crippen molar-refractivity contribution in [3.8, 4) is 0 Å². The summed E-state index contributed by atoms with van der Waals surface area (Å²) in [5.74, 6) is 0.605. The number of sulfonamides is 1. The minimum Gasteiger partial charge on any atom is -0.393 e. The minimum absolute atomic E-state index is 0.0991. The van der Waals surface area contributed by atoms with E-state index in [0.29, 0.717) is 31.7 Å². The summed E-state index contributed by atoms with van der Waals surface area (Å²) in [7, 11) is -1.91. The number of piperidine rings is 1. The molecular weight excluding hydrogens is 314 g/mol. The van der Waals surface area contributed by atoms with Crippen LogP contribution in [-0.4, -0.2) is 49.1 Å². The van der Waals surface area contributed by atoms with Crippen LogP contribution in [0.1, 0.15) is 19.8 Å². The molecule has 0 bridgehead atoms. The number of aliphatic hydroxyl groups is 1. The molecule has 21 heavy (non-hydrogen) atoms. The fraction of sp³-hybridized carbons (Fsp3) is 0.615. The predicted molar refractivity (Wildman–Crippen MR) is 82.0 cm³/mol. The molecule has 0 amide bonds. The molecule has 6 nitrogen and oxygen atoms in total. The van der Waals surface area contributed by atoms with Gasteiger partial charge in [0, 0.05) is 26.3 Å². The zero-order chi connectivity index (χ0) is 15.6. The van der Waals surface area contributed by atoms with Crippen molar-refractivity contribution in [1.82, 2.24) is 9.29 Å². The fourth-order valence-corrected chi connectivity index (χ4v) is 4.26. The molecule has 1 unspecified atom stereocenters. The number of nitrogens with zero attached hydrogens (tertiary/aromatic N) is 2. The number of rotatable bonds is 4. The number of aliphatic hydroxyl groups excluding tert-OH is 1. The summed E-state index contributed by atoms with van der Waals surface area (Å²) < 4.78 is 26.5. The third-order valence-corrected chi connectivity index (χ3v) is 6.02. The van der Waals surface area contributed by atoms with E-state index >= 15 is 0 Å². The Kier molecular flexibility index (Phi) is 5.08. The third kappa shape index (κ3) is 3.48. The Morgan fingerprint density at radius 2 is 2.10 bits per heavy atom. The molecule has 8 heteroatoms. The van der Waals surface area contributed by atoms with Crippen molar-refractivity contribution in [2.45, 2.75) is 30.8 Å². The smallest absolute Gasteiger partial charge is 0.244 e. The Labute approximate surface area is 130 Å². The first-order valence-corrected chi connectivity index (χ1v) is 8.69. The van der Waals surface area contributed by atoms with E-state index in [-0.39, 0.29) is 15.8 Å². The van der Waals surface area contributed by atoms with Gasteiger partial charge in [-0.15, -0.1) is 0 Å². The van der Waals surface area contributed by atoms with Crippen LogP contribution in [0, 0.1) is 5.92 Å². The molecule has 2 rings (SSSR count). The molecule has 0 saturated carbocycles. The second-order valence-corrected chi connectivity index (χ2v) is 7.58. The summed E-state index contributed by atoms with van der Waals surface area (Å²) >= 11 is 6.00. The van der Waals surface area contributed by atoms with E-state index in [1.165, 1.54) is 16.6 Å². The average molecular weight is 334 g/mol. The maximum Gasteiger partial charge on any atom is 0.244 e. The van der Waals surface area contributed by atoms with Crippen LogP contribution in [0.5, 0.6) is 0 Å². The Bertz CT molecular complexity index is 599. The van der Waals surface area contributed by atoms with Crippen LogP contribution in [0.3, 0.4) is 0 Å². The molecule has 0 aliphatic carbocycles. The highest BCUT2D eigenvalue weighted by Crippen LogP contribution is 2.28. The summed E-state index contributed by atoms with van der Waals surface area (Å²) in [4.78, 5) is 4.11. The van der Waals surface area contributed by atoms with Crippen molar-refractivity contribution >= 4 is 27.4 Å². The zero-order valence-corrected chi connectivity index (χ0v) is 13.7. The summed E-state index contributed by atoms with van der Waals surface area (Å²) in [6.45, 7) is 2.56. The highest BCUT2D eigenvalue weighted by atomic mass is 35.5. The first-order chi connectivity index (χ1) is 9.86. The Balaban J connectivity index is 2.17. The van der Waals surface area contributed by atoms with Gasteiger partial charge < -0.3 is 10.4 Å². The van der Waals surface area contributed by atoms with Crippen LogP contribution in [-0.2, 0) is 10.0 Å². The largest absolute Gasteiger partial charge is 0.393 e. The molecule has 1 aliphatic heterocycles. The number of hydrogen-bond acceptors (Lipinski definition) is 5. The van der Waals surface area contributed by atoms with Gasteiger partial charge in [-0.05, 0) is 31.7 Å². The van der Waals surface area contributed by atoms with Gasteiger partial charge in [0.1, 0.15) is 10.7 Å². The van der Waals surface area contributed by atoms with Gasteiger partial charge in [-0.1, -0.05) is 11.6 Å². The Morgan fingerprint density at radius 1 is 1.48 bits per heavy atom. The van der Waals surface area contributed by atoms with Crippen LogP contribution in [0.2, 0.25) is 5.02 Å². The molecule has 1 saturated heterocycles. The molecule has 1 aliphatic rings. The first kappa shape index (κ1) is 16.5. The molecular formula is C13H20ClN3O3S. The molecule has 1 atom stereocenters. The summed E-state index contributed by atoms with van der Waals surface area (Å²) in [5, 5.41) is 12.6. The molecule has 0 spiro atoms. The van der Waals surface area contributed by atoms with Crippen molar-refractivity contribution in [3.05, 3.63) is 17.3 Å². The summed E-state index contributed by atoms with van der Waals surface area (Å²) in [5.41, 5.74) is 0. The van der Waals surface area contributed by atoms with Gasteiger partial charge in [0.25, 0.3) is 0 Å². The average Bonchev–Trinajstić information content (AvgIpc) is 2.47. The fourth-order valence-electron chi connectivity index (χ4n) is 2.49. The lowest BCUT2D eigenvalue weighted by Crippen LogP contribution is -2.40. The van der Waals surface area contributed by atoms with Crippen molar-refractivity contribution < 1.29 is 13.5 Å². The number of halogens is 1. The maximum absolute atomic E-state index is 12.6. The molecule has 2 heterocycles. The number of aromatic nitrogens is 1. The van der Waals surface area contributed by atoms with Crippen molar-refractivity contribution in [3.63, 3.8) is 0 Å². The van der Waals surface area contributed by atoms with Gasteiger partial charge >= 0.3 is 0 Å². The van der Waals surface area contributed by atoms with Gasteiger partial charge in [-0.25, -0.2) is 13.4 Å². The van der Waals surface area contributed by atoms with Gasteiger partial charge in [0.2, 0.25) is 10.0 Å². The van der Waals surface area contributed by atoms with Gasteiger partial charge in [0.05, 0.1) is 11.1 Å². The lowest BCUT2D eigenvalue weighted by molar-refractivity contribution is 0.0912. The van der Waals surface area contributed by atoms with Gasteiger partial charge in [0.15, 0.2) is 0 Å². The van der Waals surface area contributed by atoms with E-state index in [4.69, 9.17) is 11.6 Å². The molecule has 2 N–H and O–H groups in total. The number of hydrogen-bond donors (Lipinski definition) is 2. The molecule has 1 aromatic rings. The van der Waals surface area contributed by atoms with E-state index in [1.54, 1.807) is 14.0 Å². The van der Waals surface area contributed by atoms with E-state index in [0.717, 1.165) is 0 Å². The number of nitrogens with one attached hydrogen (secondary N) is 1. The number of anilines is 1. The highest BCUT2D eigenvalue weighted by molar-refractivity contribution is 7.89. The topological polar surface area (TPSA) is 82.5 Å². The second-order valence-electron chi connectivity index (χ2n) is 5.23. The molecule has 1 fully saturated rings.